The van der Waals surface area contributed by atoms with E-state index < -0.39 is 0 Å². The highest BCUT2D eigenvalue weighted by Crippen LogP contribution is 2.23. The molecule has 2 saturated heterocycles. The molecule has 0 saturated carbocycles. The minimum absolute atomic E-state index is 0.313. The maximum absolute atomic E-state index is 9.17. The van der Waals surface area contributed by atoms with Crippen molar-refractivity contribution in [1.82, 2.24) is 10.2 Å². The molecule has 0 aliphatic carbocycles. The molecule has 1 aromatic carbocycles. The van der Waals surface area contributed by atoms with Crippen LogP contribution < -0.4 is 5.32 Å². The summed E-state index contributed by atoms with van der Waals surface area (Å²) in [6, 6.07) is 10.3. The van der Waals surface area contributed by atoms with Gasteiger partial charge in [-0.15, -0.1) is 0 Å². The minimum Gasteiger partial charge on any atom is -0.396 e. The first-order valence-electron chi connectivity index (χ1n) is 11.6. The fourth-order valence-electron chi connectivity index (χ4n) is 4.77. The standard InChI is InChI=1S/C24H40N2O2/c27-16-6-13-24-12-2-4-15-26(24)19-21-8-5-9-22(18-21)20-28-17-7-11-23-10-1-3-14-25-23/h5,8-9,18,23-25,27H,1-4,6-7,10-17,19-20H2. The van der Waals surface area contributed by atoms with Gasteiger partial charge in [0.25, 0.3) is 0 Å². The molecule has 0 spiro atoms. The molecule has 2 fully saturated rings. The molecule has 3 rings (SSSR count). The number of ether oxygens (including phenoxy) is 1. The third-order valence-corrected chi connectivity index (χ3v) is 6.34. The van der Waals surface area contributed by atoms with Gasteiger partial charge in [-0.25, -0.2) is 0 Å². The Morgan fingerprint density at radius 2 is 1.93 bits per heavy atom. The molecule has 0 bridgehead atoms. The van der Waals surface area contributed by atoms with Crippen molar-refractivity contribution in [3.8, 4) is 0 Å². The molecule has 2 aliphatic heterocycles. The summed E-state index contributed by atoms with van der Waals surface area (Å²) in [5.74, 6) is 0. The largest absolute Gasteiger partial charge is 0.396 e. The van der Waals surface area contributed by atoms with Crippen LogP contribution in [0.1, 0.15) is 75.3 Å². The van der Waals surface area contributed by atoms with Gasteiger partial charge < -0.3 is 15.2 Å². The molecule has 2 heterocycles. The summed E-state index contributed by atoms with van der Waals surface area (Å²) >= 11 is 0. The van der Waals surface area contributed by atoms with Gasteiger partial charge in [0.1, 0.15) is 0 Å². The van der Waals surface area contributed by atoms with Crippen LogP contribution in [-0.2, 0) is 17.9 Å². The van der Waals surface area contributed by atoms with Gasteiger partial charge in [-0.3, -0.25) is 4.90 Å². The lowest BCUT2D eigenvalue weighted by molar-refractivity contribution is 0.113. The highest BCUT2D eigenvalue weighted by molar-refractivity contribution is 5.23. The third-order valence-electron chi connectivity index (χ3n) is 6.34. The van der Waals surface area contributed by atoms with Crippen LogP contribution in [0, 0.1) is 0 Å². The van der Waals surface area contributed by atoms with Gasteiger partial charge in [-0.1, -0.05) is 37.1 Å². The Morgan fingerprint density at radius 3 is 2.79 bits per heavy atom. The normalized spacial score (nSPS) is 23.8. The molecule has 1 aromatic rings. The molecule has 2 atom stereocenters. The Morgan fingerprint density at radius 1 is 1.04 bits per heavy atom. The summed E-state index contributed by atoms with van der Waals surface area (Å²) < 4.78 is 5.96. The monoisotopic (exact) mass is 388 g/mol. The van der Waals surface area contributed by atoms with Crippen molar-refractivity contribution < 1.29 is 9.84 Å². The molecule has 4 nitrogen and oxygen atoms in total. The van der Waals surface area contributed by atoms with E-state index in [-0.39, 0.29) is 0 Å². The van der Waals surface area contributed by atoms with E-state index in [9.17, 15) is 0 Å². The van der Waals surface area contributed by atoms with Crippen molar-refractivity contribution in [2.75, 3.05) is 26.3 Å². The van der Waals surface area contributed by atoms with Gasteiger partial charge in [0.2, 0.25) is 0 Å². The topological polar surface area (TPSA) is 44.7 Å². The zero-order valence-electron chi connectivity index (χ0n) is 17.6. The Bertz CT molecular complexity index is 545. The van der Waals surface area contributed by atoms with Crippen molar-refractivity contribution in [3.63, 3.8) is 0 Å². The second-order valence-electron chi connectivity index (χ2n) is 8.65. The van der Waals surface area contributed by atoms with E-state index in [4.69, 9.17) is 9.84 Å². The number of nitrogens with one attached hydrogen (secondary N) is 1. The molecule has 2 unspecified atom stereocenters. The van der Waals surface area contributed by atoms with Crippen molar-refractivity contribution in [1.29, 1.82) is 0 Å². The van der Waals surface area contributed by atoms with Gasteiger partial charge in [-0.05, 0) is 75.6 Å². The average Bonchev–Trinajstić information content (AvgIpc) is 2.74. The zero-order valence-corrected chi connectivity index (χ0v) is 17.6. The summed E-state index contributed by atoms with van der Waals surface area (Å²) in [5.41, 5.74) is 2.68. The van der Waals surface area contributed by atoms with E-state index in [2.05, 4.69) is 34.5 Å². The lowest BCUT2D eigenvalue weighted by Gasteiger charge is -2.36. The lowest BCUT2D eigenvalue weighted by Crippen LogP contribution is -2.39. The third kappa shape index (κ3) is 7.47. The molecule has 2 aliphatic rings. The van der Waals surface area contributed by atoms with Crippen LogP contribution in [0.2, 0.25) is 0 Å². The summed E-state index contributed by atoms with van der Waals surface area (Å²) in [5, 5.41) is 12.8. The first-order valence-corrected chi connectivity index (χ1v) is 11.6. The number of rotatable bonds is 11. The summed E-state index contributed by atoms with van der Waals surface area (Å²) in [6.45, 7) is 5.30. The number of hydrogen-bond acceptors (Lipinski definition) is 4. The van der Waals surface area contributed by atoms with Crippen molar-refractivity contribution in [2.45, 2.75) is 89.4 Å². The number of aliphatic hydroxyl groups is 1. The fraction of sp³-hybridized carbons (Fsp3) is 0.750. The Labute approximate surface area is 171 Å². The Balaban J connectivity index is 1.39. The van der Waals surface area contributed by atoms with E-state index in [0.29, 0.717) is 18.7 Å². The number of hydrogen-bond donors (Lipinski definition) is 2. The molecule has 4 heteroatoms. The second-order valence-corrected chi connectivity index (χ2v) is 8.65. The summed E-state index contributed by atoms with van der Waals surface area (Å²) in [6.07, 6.45) is 12.4. The van der Waals surface area contributed by atoms with Crippen LogP contribution in [-0.4, -0.2) is 48.4 Å². The van der Waals surface area contributed by atoms with Gasteiger partial charge >= 0.3 is 0 Å². The predicted octanol–water partition coefficient (Wildman–Crippen LogP) is 4.25. The van der Waals surface area contributed by atoms with Crippen LogP contribution >= 0.6 is 0 Å². The zero-order chi connectivity index (χ0) is 19.4. The van der Waals surface area contributed by atoms with E-state index in [1.807, 2.05) is 0 Å². The lowest BCUT2D eigenvalue weighted by atomic mass is 9.97. The maximum Gasteiger partial charge on any atom is 0.0716 e. The van der Waals surface area contributed by atoms with Crippen LogP contribution in [0.4, 0.5) is 0 Å². The number of likely N-dealkylation sites (tertiary alicyclic amines) is 1. The van der Waals surface area contributed by atoms with Crippen LogP contribution in [0.5, 0.6) is 0 Å². The number of benzene rings is 1. The van der Waals surface area contributed by atoms with Crippen LogP contribution in [0.3, 0.4) is 0 Å². The Kier molecular flexibility index (Phi) is 9.78. The van der Waals surface area contributed by atoms with Crippen molar-refractivity contribution in [3.05, 3.63) is 35.4 Å². The first kappa shape index (κ1) is 21.8. The fourth-order valence-corrected chi connectivity index (χ4v) is 4.77. The molecule has 158 valence electrons. The van der Waals surface area contributed by atoms with Gasteiger partial charge in [0.05, 0.1) is 6.61 Å². The number of nitrogens with zero attached hydrogens (tertiary/aromatic N) is 1. The molecular weight excluding hydrogens is 348 g/mol. The quantitative estimate of drug-likeness (QED) is 0.556. The van der Waals surface area contributed by atoms with Crippen LogP contribution in [0.25, 0.3) is 0 Å². The van der Waals surface area contributed by atoms with Crippen LogP contribution in [0.15, 0.2) is 24.3 Å². The van der Waals surface area contributed by atoms with Gasteiger partial charge in [0, 0.05) is 31.8 Å². The Hall–Kier alpha value is -0.940. The second kappa shape index (κ2) is 12.6. The average molecular weight is 389 g/mol. The van der Waals surface area contributed by atoms with E-state index in [1.165, 1.54) is 69.2 Å². The predicted molar refractivity (Wildman–Crippen MR) is 115 cm³/mol. The number of aliphatic hydroxyl groups excluding tert-OH is 1. The minimum atomic E-state index is 0.313. The van der Waals surface area contributed by atoms with E-state index in [0.717, 1.165) is 39.0 Å². The van der Waals surface area contributed by atoms with Crippen molar-refractivity contribution in [2.24, 2.45) is 0 Å². The summed E-state index contributed by atoms with van der Waals surface area (Å²) in [4.78, 5) is 2.62. The van der Waals surface area contributed by atoms with E-state index in [1.54, 1.807) is 0 Å². The molecule has 0 amide bonds. The highest BCUT2D eigenvalue weighted by Gasteiger charge is 2.21. The molecule has 0 aromatic heterocycles. The van der Waals surface area contributed by atoms with Crippen molar-refractivity contribution >= 4 is 0 Å². The SMILES string of the molecule is OCCCC1CCCCN1Cc1cccc(COCCCC2CCCCN2)c1. The number of piperidine rings is 2. The highest BCUT2D eigenvalue weighted by atomic mass is 16.5. The smallest absolute Gasteiger partial charge is 0.0716 e. The summed E-state index contributed by atoms with van der Waals surface area (Å²) in [7, 11) is 0. The maximum atomic E-state index is 9.17. The molecular formula is C24H40N2O2. The molecule has 2 N–H and O–H groups in total. The van der Waals surface area contributed by atoms with Gasteiger partial charge in [0.15, 0.2) is 0 Å². The molecule has 0 radical (unpaired) electrons. The van der Waals surface area contributed by atoms with Gasteiger partial charge in [-0.2, -0.15) is 0 Å². The molecule has 28 heavy (non-hydrogen) atoms. The van der Waals surface area contributed by atoms with E-state index >= 15 is 0 Å². The first-order chi connectivity index (χ1) is 13.8.